The molecule has 1 aromatic heterocycles. The summed E-state index contributed by atoms with van der Waals surface area (Å²) in [5.41, 5.74) is 7.17. The molecule has 4 heteroatoms. The Morgan fingerprint density at radius 1 is 1.07 bits per heavy atom. The third-order valence-corrected chi connectivity index (χ3v) is 7.33. The topological polar surface area (TPSA) is 28.2 Å². The van der Waals surface area contributed by atoms with Crippen LogP contribution in [-0.4, -0.2) is 22.4 Å². The second-order valence-corrected chi connectivity index (χ2v) is 11.1. The van der Waals surface area contributed by atoms with Crippen molar-refractivity contribution in [3.05, 3.63) is 77.3 Å². The second-order valence-electron chi connectivity index (χ2n) is 9.94. The fraction of sp³-hybridized carbons (Fsp3) is 0.423. The summed E-state index contributed by atoms with van der Waals surface area (Å²) in [6.45, 7) is 13.7. The van der Waals surface area contributed by atoms with Crippen LogP contribution in [0.4, 0.5) is 5.69 Å². The van der Waals surface area contributed by atoms with Gasteiger partial charge >= 0.3 is 0 Å². The summed E-state index contributed by atoms with van der Waals surface area (Å²) in [7, 11) is 0. The smallest absolute Gasteiger partial charge is 0.0415 e. The zero-order chi connectivity index (χ0) is 21.4. The first kappa shape index (κ1) is 21.2. The normalized spacial score (nSPS) is 22.5. The van der Waals surface area contributed by atoms with Gasteiger partial charge in [-0.05, 0) is 78.6 Å². The first-order valence-corrected chi connectivity index (χ1v) is 11.6. The standard InChI is InChI=1S/C26H33N3S/c1-19-17-26(5)18-29(30-23-8-6-20(7-9-23)25(2,3)4)15-12-21(26)16-24(19)28-22-10-13-27-14-11-22/h6-11,13-14,16H,12,15,17-18H2,1-5H3,(H,27,28). The number of fused-ring (bicyclic) bond motifs is 1. The van der Waals surface area contributed by atoms with Gasteiger partial charge in [-0.15, -0.1) is 0 Å². The van der Waals surface area contributed by atoms with Gasteiger partial charge in [0.1, 0.15) is 0 Å². The SMILES string of the molecule is CC1=C(Nc2ccncc2)C=C2CCN(Sc3ccc(C(C)(C)C)cc3)CC2(C)C1. The Hall–Kier alpha value is -2.04. The van der Waals surface area contributed by atoms with E-state index in [0.717, 1.165) is 31.6 Å². The molecule has 2 aliphatic rings. The van der Waals surface area contributed by atoms with Crippen molar-refractivity contribution in [2.45, 2.75) is 57.8 Å². The Morgan fingerprint density at radius 3 is 2.43 bits per heavy atom. The van der Waals surface area contributed by atoms with Gasteiger partial charge in [0.2, 0.25) is 0 Å². The van der Waals surface area contributed by atoms with Crippen molar-refractivity contribution < 1.29 is 0 Å². The molecule has 30 heavy (non-hydrogen) atoms. The predicted molar refractivity (Wildman–Crippen MR) is 129 cm³/mol. The summed E-state index contributed by atoms with van der Waals surface area (Å²) in [6, 6.07) is 13.2. The van der Waals surface area contributed by atoms with Gasteiger partial charge in [-0.2, -0.15) is 0 Å². The van der Waals surface area contributed by atoms with Gasteiger partial charge < -0.3 is 5.32 Å². The number of rotatable bonds is 4. The molecule has 0 amide bonds. The first-order chi connectivity index (χ1) is 14.2. The molecule has 3 nitrogen and oxygen atoms in total. The molecule has 0 spiro atoms. The number of benzene rings is 1. The minimum Gasteiger partial charge on any atom is -0.355 e. The number of allylic oxidation sites excluding steroid dienone is 2. The fourth-order valence-electron chi connectivity index (χ4n) is 4.49. The van der Waals surface area contributed by atoms with Crippen LogP contribution in [0, 0.1) is 5.41 Å². The maximum absolute atomic E-state index is 4.11. The lowest BCUT2D eigenvalue weighted by Gasteiger charge is -2.44. The maximum Gasteiger partial charge on any atom is 0.0415 e. The molecule has 1 unspecified atom stereocenters. The van der Waals surface area contributed by atoms with Crippen LogP contribution in [0.2, 0.25) is 0 Å². The van der Waals surface area contributed by atoms with Crippen LogP contribution in [0.15, 0.2) is 76.6 Å². The van der Waals surface area contributed by atoms with E-state index >= 15 is 0 Å². The molecule has 1 aliphatic heterocycles. The van der Waals surface area contributed by atoms with Crippen molar-refractivity contribution in [1.82, 2.24) is 9.29 Å². The maximum atomic E-state index is 4.11. The molecule has 1 N–H and O–H groups in total. The zero-order valence-electron chi connectivity index (χ0n) is 18.8. The van der Waals surface area contributed by atoms with Crippen LogP contribution < -0.4 is 5.32 Å². The zero-order valence-corrected chi connectivity index (χ0v) is 19.6. The van der Waals surface area contributed by atoms with E-state index in [4.69, 9.17) is 0 Å². The van der Waals surface area contributed by atoms with Crippen molar-refractivity contribution in [3.8, 4) is 0 Å². The number of pyridine rings is 1. The minimum atomic E-state index is 0.204. The van der Waals surface area contributed by atoms with Crippen molar-refractivity contribution in [1.29, 1.82) is 0 Å². The quantitative estimate of drug-likeness (QED) is 0.551. The Labute approximate surface area is 185 Å². The summed E-state index contributed by atoms with van der Waals surface area (Å²) >= 11 is 1.91. The molecule has 1 aliphatic carbocycles. The first-order valence-electron chi connectivity index (χ1n) is 10.8. The highest BCUT2D eigenvalue weighted by Crippen LogP contribution is 2.46. The Morgan fingerprint density at radius 2 is 1.77 bits per heavy atom. The molecule has 1 fully saturated rings. The fourth-order valence-corrected chi connectivity index (χ4v) is 5.57. The van der Waals surface area contributed by atoms with Gasteiger partial charge in [-0.1, -0.05) is 45.4 Å². The number of hydrogen-bond donors (Lipinski definition) is 1. The number of piperidine rings is 1. The monoisotopic (exact) mass is 419 g/mol. The Kier molecular flexibility index (Phi) is 5.82. The van der Waals surface area contributed by atoms with Gasteiger partial charge in [0.05, 0.1) is 0 Å². The molecule has 1 saturated heterocycles. The van der Waals surface area contributed by atoms with E-state index in [2.05, 4.69) is 79.6 Å². The van der Waals surface area contributed by atoms with E-state index in [1.807, 2.05) is 36.5 Å². The van der Waals surface area contributed by atoms with Gasteiger partial charge in [0.25, 0.3) is 0 Å². The highest BCUT2D eigenvalue weighted by molar-refractivity contribution is 7.97. The van der Waals surface area contributed by atoms with Crippen LogP contribution in [0.3, 0.4) is 0 Å². The highest BCUT2D eigenvalue weighted by atomic mass is 32.2. The number of hydrogen-bond acceptors (Lipinski definition) is 4. The minimum absolute atomic E-state index is 0.204. The van der Waals surface area contributed by atoms with E-state index in [0.29, 0.717) is 0 Å². The third kappa shape index (κ3) is 4.65. The summed E-state index contributed by atoms with van der Waals surface area (Å²) in [4.78, 5) is 5.45. The van der Waals surface area contributed by atoms with Crippen molar-refractivity contribution in [2.24, 2.45) is 5.41 Å². The van der Waals surface area contributed by atoms with Gasteiger partial charge in [0.15, 0.2) is 0 Å². The van der Waals surface area contributed by atoms with E-state index in [1.165, 1.54) is 21.7 Å². The van der Waals surface area contributed by atoms with Gasteiger partial charge in [-0.25, -0.2) is 4.31 Å². The molecule has 0 bridgehead atoms. The van der Waals surface area contributed by atoms with Crippen LogP contribution in [0.5, 0.6) is 0 Å². The van der Waals surface area contributed by atoms with E-state index < -0.39 is 0 Å². The molecule has 2 heterocycles. The molecule has 4 rings (SSSR count). The third-order valence-electron chi connectivity index (χ3n) is 6.28. The summed E-state index contributed by atoms with van der Waals surface area (Å²) in [5.74, 6) is 0. The predicted octanol–water partition coefficient (Wildman–Crippen LogP) is 6.81. The number of nitrogens with one attached hydrogen (secondary N) is 1. The molecule has 2 aromatic rings. The lowest BCUT2D eigenvalue weighted by atomic mass is 9.70. The average molecular weight is 420 g/mol. The molecule has 1 aromatic carbocycles. The summed E-state index contributed by atoms with van der Waals surface area (Å²) in [5, 5.41) is 3.59. The van der Waals surface area contributed by atoms with Crippen molar-refractivity contribution in [2.75, 3.05) is 18.4 Å². The van der Waals surface area contributed by atoms with E-state index in [1.54, 1.807) is 5.57 Å². The lowest BCUT2D eigenvalue weighted by molar-refractivity contribution is 0.242. The molecular weight excluding hydrogens is 386 g/mol. The van der Waals surface area contributed by atoms with Crippen molar-refractivity contribution >= 4 is 17.6 Å². The summed E-state index contributed by atoms with van der Waals surface area (Å²) in [6.07, 6.45) is 8.30. The Balaban J connectivity index is 1.44. The van der Waals surface area contributed by atoms with E-state index in [-0.39, 0.29) is 10.8 Å². The second kappa shape index (κ2) is 8.24. The lowest BCUT2D eigenvalue weighted by Crippen LogP contribution is -2.41. The molecule has 158 valence electrons. The average Bonchev–Trinajstić information content (AvgIpc) is 2.69. The number of nitrogens with zero attached hydrogens (tertiary/aromatic N) is 2. The molecule has 1 atom stereocenters. The van der Waals surface area contributed by atoms with Crippen LogP contribution in [0.25, 0.3) is 0 Å². The van der Waals surface area contributed by atoms with Crippen molar-refractivity contribution in [3.63, 3.8) is 0 Å². The van der Waals surface area contributed by atoms with Crippen LogP contribution in [0.1, 0.15) is 53.0 Å². The number of anilines is 1. The van der Waals surface area contributed by atoms with Crippen LogP contribution in [-0.2, 0) is 5.41 Å². The summed E-state index contributed by atoms with van der Waals surface area (Å²) < 4.78 is 2.55. The largest absolute Gasteiger partial charge is 0.355 e. The number of aromatic nitrogens is 1. The molecular formula is C26H33N3S. The van der Waals surface area contributed by atoms with Gasteiger partial charge in [0, 0.05) is 47.2 Å². The molecule has 0 radical (unpaired) electrons. The Bertz CT molecular complexity index is 954. The molecule has 0 saturated carbocycles. The van der Waals surface area contributed by atoms with Gasteiger partial charge in [-0.3, -0.25) is 4.98 Å². The van der Waals surface area contributed by atoms with E-state index in [9.17, 15) is 0 Å². The van der Waals surface area contributed by atoms with Crippen LogP contribution >= 0.6 is 11.9 Å². The highest BCUT2D eigenvalue weighted by Gasteiger charge is 2.38.